The van der Waals surface area contributed by atoms with Crippen LogP contribution in [0.3, 0.4) is 0 Å². The van der Waals surface area contributed by atoms with E-state index in [1.165, 1.54) is 24.3 Å². The Morgan fingerprint density at radius 2 is 1.59 bits per heavy atom. The topological polar surface area (TPSA) is 46.5 Å². The average molecular weight is 440 g/mol. The van der Waals surface area contributed by atoms with Gasteiger partial charge in [0, 0.05) is 12.1 Å². The normalized spacial score (nSPS) is 14.1. The molecule has 32 heavy (non-hydrogen) atoms. The van der Waals surface area contributed by atoms with Crippen LogP contribution in [0.5, 0.6) is 11.5 Å². The summed E-state index contributed by atoms with van der Waals surface area (Å²) >= 11 is 0. The number of hydrogen-bond donors (Lipinski definition) is 1. The van der Waals surface area contributed by atoms with Crippen molar-refractivity contribution >= 4 is 23.2 Å². The first-order chi connectivity index (χ1) is 15.2. The number of carboxylic acid groups (broad SMARTS) is 1. The minimum Gasteiger partial charge on any atom is -0.481 e. The Kier molecular flexibility index (Phi) is 5.57. The van der Waals surface area contributed by atoms with Crippen LogP contribution in [0.4, 0.5) is 17.6 Å². The van der Waals surface area contributed by atoms with Crippen LogP contribution in [0, 0.1) is 23.3 Å². The Morgan fingerprint density at radius 3 is 2.28 bits per heavy atom. The van der Waals surface area contributed by atoms with E-state index in [1.54, 1.807) is 25.1 Å². The predicted octanol–water partition coefficient (Wildman–Crippen LogP) is 6.84. The minimum absolute atomic E-state index is 0.213. The first-order valence-electron chi connectivity index (χ1n) is 9.59. The fraction of sp³-hybridized carbons (Fsp3) is 0.0800. The Hall–Kier alpha value is -3.87. The lowest BCUT2D eigenvalue weighted by Gasteiger charge is -2.08. The molecule has 7 heteroatoms. The van der Waals surface area contributed by atoms with Gasteiger partial charge in [-0.15, -0.1) is 0 Å². The Labute approximate surface area is 180 Å². The average Bonchev–Trinajstić information content (AvgIpc) is 2.98. The molecule has 162 valence electrons. The van der Waals surface area contributed by atoms with Crippen molar-refractivity contribution in [1.29, 1.82) is 0 Å². The molecular weight excluding hydrogens is 424 g/mol. The maximum absolute atomic E-state index is 13.8. The molecule has 0 fully saturated rings. The van der Waals surface area contributed by atoms with Gasteiger partial charge < -0.3 is 9.84 Å². The zero-order valence-electron chi connectivity index (χ0n) is 16.8. The van der Waals surface area contributed by atoms with Crippen LogP contribution in [0.2, 0.25) is 0 Å². The molecule has 0 saturated carbocycles. The zero-order valence-corrected chi connectivity index (χ0v) is 16.8. The summed E-state index contributed by atoms with van der Waals surface area (Å²) in [6, 6.07) is 11.7. The predicted molar refractivity (Wildman–Crippen MR) is 112 cm³/mol. The Balaban J connectivity index is 1.65. The molecule has 0 unspecified atom stereocenters. The van der Waals surface area contributed by atoms with Crippen LogP contribution in [0.15, 0.2) is 60.2 Å². The molecule has 0 amide bonds. The van der Waals surface area contributed by atoms with Crippen LogP contribution in [-0.2, 0) is 4.79 Å². The molecule has 1 N–H and O–H groups in total. The molecule has 4 rings (SSSR count). The molecule has 1 aliphatic rings. The molecule has 3 aromatic rings. The highest BCUT2D eigenvalue weighted by Gasteiger charge is 2.25. The highest BCUT2D eigenvalue weighted by molar-refractivity contribution is 6.07. The van der Waals surface area contributed by atoms with E-state index >= 15 is 0 Å². The lowest BCUT2D eigenvalue weighted by atomic mass is 10.0. The van der Waals surface area contributed by atoms with Crippen molar-refractivity contribution in [2.24, 2.45) is 0 Å². The molecule has 0 aromatic heterocycles. The SMILES string of the molecule is CC1=C(CC(=O)O)c2cc(F)ccc2/C1=C\c1ccc(Oc2cc(F)c(F)cc2F)cc1. The summed E-state index contributed by atoms with van der Waals surface area (Å²) in [5.74, 6) is -5.26. The number of rotatable bonds is 5. The van der Waals surface area contributed by atoms with E-state index in [0.717, 1.165) is 22.3 Å². The summed E-state index contributed by atoms with van der Waals surface area (Å²) in [5.41, 5.74) is 4.04. The van der Waals surface area contributed by atoms with Gasteiger partial charge >= 0.3 is 5.97 Å². The van der Waals surface area contributed by atoms with Crippen molar-refractivity contribution < 1.29 is 32.2 Å². The lowest BCUT2D eigenvalue weighted by Crippen LogP contribution is -1.97. The molecule has 3 aromatic carbocycles. The Morgan fingerprint density at radius 1 is 0.906 bits per heavy atom. The summed E-state index contributed by atoms with van der Waals surface area (Å²) in [4.78, 5) is 11.3. The van der Waals surface area contributed by atoms with Crippen molar-refractivity contribution in [1.82, 2.24) is 0 Å². The van der Waals surface area contributed by atoms with Crippen molar-refractivity contribution in [2.45, 2.75) is 13.3 Å². The zero-order chi connectivity index (χ0) is 23.0. The van der Waals surface area contributed by atoms with Gasteiger partial charge in [-0.25, -0.2) is 17.6 Å². The third kappa shape index (κ3) is 4.14. The quantitative estimate of drug-likeness (QED) is 0.349. The fourth-order valence-electron chi connectivity index (χ4n) is 3.64. The molecule has 3 nitrogen and oxygen atoms in total. The number of hydrogen-bond acceptors (Lipinski definition) is 2. The molecule has 0 atom stereocenters. The Bertz CT molecular complexity index is 1290. The second-order valence-electron chi connectivity index (χ2n) is 7.29. The number of fused-ring (bicyclic) bond motifs is 1. The molecule has 1 aliphatic carbocycles. The maximum Gasteiger partial charge on any atom is 0.307 e. The molecule has 0 heterocycles. The summed E-state index contributed by atoms with van der Waals surface area (Å²) in [7, 11) is 0. The number of aliphatic carboxylic acids is 1. The first kappa shape index (κ1) is 21.4. The minimum atomic E-state index is -1.31. The van der Waals surface area contributed by atoms with Gasteiger partial charge in [0.25, 0.3) is 0 Å². The van der Waals surface area contributed by atoms with Gasteiger partial charge in [0.15, 0.2) is 23.2 Å². The lowest BCUT2D eigenvalue weighted by molar-refractivity contribution is -0.135. The summed E-state index contributed by atoms with van der Waals surface area (Å²) < 4.78 is 59.3. The van der Waals surface area contributed by atoms with E-state index in [4.69, 9.17) is 4.74 Å². The van der Waals surface area contributed by atoms with Crippen molar-refractivity contribution in [3.63, 3.8) is 0 Å². The van der Waals surface area contributed by atoms with Gasteiger partial charge in [0.05, 0.1) is 6.42 Å². The van der Waals surface area contributed by atoms with Gasteiger partial charge in [-0.05, 0) is 70.7 Å². The first-order valence-corrected chi connectivity index (χ1v) is 9.59. The smallest absolute Gasteiger partial charge is 0.307 e. The largest absolute Gasteiger partial charge is 0.481 e. The van der Waals surface area contributed by atoms with Crippen LogP contribution in [0.25, 0.3) is 17.2 Å². The summed E-state index contributed by atoms with van der Waals surface area (Å²) in [6.45, 7) is 1.78. The van der Waals surface area contributed by atoms with E-state index in [1.807, 2.05) is 6.08 Å². The summed E-state index contributed by atoms with van der Waals surface area (Å²) in [6.07, 6.45) is 1.59. The number of carbonyl (C=O) groups is 1. The van der Waals surface area contributed by atoms with E-state index in [0.29, 0.717) is 23.3 Å². The fourth-order valence-corrected chi connectivity index (χ4v) is 3.64. The van der Waals surface area contributed by atoms with Gasteiger partial charge in [-0.2, -0.15) is 0 Å². The molecular formula is C25H16F4O3. The third-order valence-electron chi connectivity index (χ3n) is 5.18. The van der Waals surface area contributed by atoms with E-state index in [-0.39, 0.29) is 12.2 Å². The van der Waals surface area contributed by atoms with Gasteiger partial charge in [0.1, 0.15) is 11.6 Å². The highest BCUT2D eigenvalue weighted by Crippen LogP contribution is 2.44. The number of benzene rings is 3. The van der Waals surface area contributed by atoms with Crippen LogP contribution >= 0.6 is 0 Å². The maximum atomic E-state index is 13.8. The molecule has 0 aliphatic heterocycles. The molecule has 0 saturated heterocycles. The van der Waals surface area contributed by atoms with Crippen molar-refractivity contribution in [3.8, 4) is 11.5 Å². The van der Waals surface area contributed by atoms with E-state index < -0.39 is 35.0 Å². The summed E-state index contributed by atoms with van der Waals surface area (Å²) in [5, 5.41) is 9.23. The van der Waals surface area contributed by atoms with Crippen molar-refractivity contribution in [3.05, 3.63) is 100 Å². The standard InChI is InChI=1S/C25H16F4O3/c1-13-18(17-7-4-15(26)9-20(17)19(13)10-25(30)31)8-14-2-5-16(6-3-14)32-24-12-22(28)21(27)11-23(24)29/h2-9,11-12H,10H2,1H3,(H,30,31)/b18-8-. The van der Waals surface area contributed by atoms with Gasteiger partial charge in [-0.1, -0.05) is 18.2 Å². The van der Waals surface area contributed by atoms with Crippen LogP contribution < -0.4 is 4.74 Å². The monoisotopic (exact) mass is 440 g/mol. The number of allylic oxidation sites excluding steroid dienone is 2. The second-order valence-corrected chi connectivity index (χ2v) is 7.29. The van der Waals surface area contributed by atoms with Crippen LogP contribution in [-0.4, -0.2) is 11.1 Å². The molecule has 0 bridgehead atoms. The van der Waals surface area contributed by atoms with Crippen LogP contribution in [0.1, 0.15) is 30.0 Å². The number of halogens is 4. The van der Waals surface area contributed by atoms with E-state index in [2.05, 4.69) is 0 Å². The number of carboxylic acids is 1. The van der Waals surface area contributed by atoms with Gasteiger partial charge in [-0.3, -0.25) is 4.79 Å². The van der Waals surface area contributed by atoms with E-state index in [9.17, 15) is 27.5 Å². The second kappa shape index (κ2) is 8.34. The molecule has 0 radical (unpaired) electrons. The third-order valence-corrected chi connectivity index (χ3v) is 5.18. The van der Waals surface area contributed by atoms with Crippen molar-refractivity contribution in [2.75, 3.05) is 0 Å². The highest BCUT2D eigenvalue weighted by atomic mass is 19.2. The molecule has 0 spiro atoms. The van der Waals surface area contributed by atoms with Gasteiger partial charge in [0.2, 0.25) is 0 Å². The number of ether oxygens (including phenoxy) is 1.